The normalized spacial score (nSPS) is 12.6. The molecule has 1 unspecified atom stereocenters. The van der Waals surface area contributed by atoms with E-state index in [0.29, 0.717) is 5.00 Å². The number of hydrogen-bond acceptors (Lipinski definition) is 9. The van der Waals surface area contributed by atoms with Crippen LogP contribution in [0.25, 0.3) is 10.1 Å². The van der Waals surface area contributed by atoms with E-state index in [-0.39, 0.29) is 44.9 Å². The van der Waals surface area contributed by atoms with Gasteiger partial charge in [0.05, 0.1) is 22.2 Å². The molecular weight excluding hydrogens is 460 g/mol. The fraction of sp³-hybridized carbons (Fsp3) is 0.348. The molecule has 3 N–H and O–H groups in total. The highest BCUT2D eigenvalue weighted by Crippen LogP contribution is 2.30. The number of amides is 1. The van der Waals surface area contributed by atoms with Crippen molar-refractivity contribution in [3.8, 4) is 0 Å². The SMILES string of the molecule is NCC(C(=O)Nc1cc2ccncc2s1)[C@H](CCO[N+](=O)[O-])CCC(=O)OCc1ccccc1. The van der Waals surface area contributed by atoms with Crippen LogP contribution in [0.15, 0.2) is 54.9 Å². The Kier molecular flexibility index (Phi) is 9.30. The van der Waals surface area contributed by atoms with Crippen molar-refractivity contribution in [3.05, 3.63) is 70.5 Å². The molecule has 0 bridgehead atoms. The zero-order valence-electron chi connectivity index (χ0n) is 18.4. The predicted molar refractivity (Wildman–Crippen MR) is 127 cm³/mol. The summed E-state index contributed by atoms with van der Waals surface area (Å²) in [7, 11) is 0. The lowest BCUT2D eigenvalue weighted by Gasteiger charge is -2.24. The maximum absolute atomic E-state index is 13.0. The first kappa shape index (κ1) is 25.1. The molecule has 2 aromatic heterocycles. The third kappa shape index (κ3) is 7.49. The summed E-state index contributed by atoms with van der Waals surface area (Å²) in [6, 6.07) is 13.0. The molecule has 0 fully saturated rings. The van der Waals surface area contributed by atoms with Crippen molar-refractivity contribution in [3.63, 3.8) is 0 Å². The minimum atomic E-state index is -0.881. The van der Waals surface area contributed by atoms with Crippen molar-refractivity contribution in [2.45, 2.75) is 25.9 Å². The van der Waals surface area contributed by atoms with Gasteiger partial charge < -0.3 is 20.6 Å². The minimum absolute atomic E-state index is 0.0144. The fourth-order valence-corrected chi connectivity index (χ4v) is 4.55. The Hall–Kier alpha value is -3.57. The minimum Gasteiger partial charge on any atom is -0.461 e. The summed E-state index contributed by atoms with van der Waals surface area (Å²) in [5, 5.41) is 14.2. The smallest absolute Gasteiger partial charge is 0.306 e. The lowest BCUT2D eigenvalue weighted by Crippen LogP contribution is -2.36. The predicted octanol–water partition coefficient (Wildman–Crippen LogP) is 3.55. The second-order valence-corrected chi connectivity index (χ2v) is 8.73. The van der Waals surface area contributed by atoms with Crippen LogP contribution in [0.2, 0.25) is 0 Å². The van der Waals surface area contributed by atoms with Crippen LogP contribution in [-0.4, -0.2) is 35.1 Å². The lowest BCUT2D eigenvalue weighted by molar-refractivity contribution is -0.758. The molecule has 0 saturated heterocycles. The zero-order chi connectivity index (χ0) is 24.3. The molecule has 1 aromatic carbocycles. The van der Waals surface area contributed by atoms with Crippen LogP contribution in [0.5, 0.6) is 0 Å². The van der Waals surface area contributed by atoms with Gasteiger partial charge in [0.2, 0.25) is 5.91 Å². The molecule has 34 heavy (non-hydrogen) atoms. The third-order valence-corrected chi connectivity index (χ3v) is 6.38. The first-order valence-corrected chi connectivity index (χ1v) is 11.6. The van der Waals surface area contributed by atoms with Crippen molar-refractivity contribution >= 4 is 38.3 Å². The van der Waals surface area contributed by atoms with E-state index < -0.39 is 22.9 Å². The summed E-state index contributed by atoms with van der Waals surface area (Å²) >= 11 is 1.39. The summed E-state index contributed by atoms with van der Waals surface area (Å²) in [5.41, 5.74) is 6.78. The quantitative estimate of drug-likeness (QED) is 0.212. The number of pyridine rings is 1. The highest BCUT2D eigenvalue weighted by molar-refractivity contribution is 7.22. The summed E-state index contributed by atoms with van der Waals surface area (Å²) in [6.07, 6.45) is 3.91. The number of thiophene rings is 1. The number of benzene rings is 1. The summed E-state index contributed by atoms with van der Waals surface area (Å²) in [6.45, 7) is -0.0358. The molecule has 2 atom stereocenters. The van der Waals surface area contributed by atoms with Gasteiger partial charge in [-0.3, -0.25) is 14.6 Å². The average molecular weight is 487 g/mol. The molecule has 0 spiro atoms. The standard InChI is InChI=1S/C23H26N4O6S/c24-13-19(23(29)26-21-12-18-8-10-25-14-20(18)34-21)17(9-11-33-27(30)31)6-7-22(28)32-15-16-4-2-1-3-5-16/h1-5,8,10,12,14,17,19H,6-7,9,11,13,15,24H2,(H,26,29)/t17-,19?/m0/s1. The van der Waals surface area contributed by atoms with Gasteiger partial charge in [-0.2, -0.15) is 0 Å². The van der Waals surface area contributed by atoms with Gasteiger partial charge in [-0.05, 0) is 41.8 Å². The van der Waals surface area contributed by atoms with Crippen LogP contribution in [0, 0.1) is 22.0 Å². The lowest BCUT2D eigenvalue weighted by atomic mass is 9.85. The largest absolute Gasteiger partial charge is 0.461 e. The van der Waals surface area contributed by atoms with Gasteiger partial charge in [-0.1, -0.05) is 30.3 Å². The summed E-state index contributed by atoms with van der Waals surface area (Å²) in [4.78, 5) is 44.4. The van der Waals surface area contributed by atoms with Crippen LogP contribution in [0.4, 0.5) is 5.00 Å². The van der Waals surface area contributed by atoms with E-state index in [1.165, 1.54) is 11.3 Å². The molecule has 180 valence electrons. The molecule has 2 heterocycles. The summed E-state index contributed by atoms with van der Waals surface area (Å²) < 4.78 is 6.24. The van der Waals surface area contributed by atoms with Crippen LogP contribution in [0.3, 0.4) is 0 Å². The Morgan fingerprint density at radius 2 is 2.00 bits per heavy atom. The molecule has 0 saturated carbocycles. The first-order chi connectivity index (χ1) is 16.5. The van der Waals surface area contributed by atoms with E-state index in [2.05, 4.69) is 15.1 Å². The van der Waals surface area contributed by atoms with E-state index >= 15 is 0 Å². The highest BCUT2D eigenvalue weighted by atomic mass is 32.1. The molecule has 0 radical (unpaired) electrons. The third-order valence-electron chi connectivity index (χ3n) is 5.38. The monoisotopic (exact) mass is 486 g/mol. The number of aromatic nitrogens is 1. The van der Waals surface area contributed by atoms with Crippen molar-refractivity contribution in [2.75, 3.05) is 18.5 Å². The van der Waals surface area contributed by atoms with Gasteiger partial charge in [-0.15, -0.1) is 21.5 Å². The Morgan fingerprint density at radius 3 is 2.71 bits per heavy atom. The van der Waals surface area contributed by atoms with Crippen LogP contribution in [0.1, 0.15) is 24.8 Å². The number of nitrogens with zero attached hydrogens (tertiary/aromatic N) is 2. The maximum atomic E-state index is 13.0. The van der Waals surface area contributed by atoms with Crippen molar-refractivity contribution < 1.29 is 24.3 Å². The highest BCUT2D eigenvalue weighted by Gasteiger charge is 2.28. The van der Waals surface area contributed by atoms with Gasteiger partial charge >= 0.3 is 5.97 Å². The molecule has 0 aliphatic rings. The topological polar surface area (TPSA) is 147 Å². The molecule has 0 aliphatic carbocycles. The number of nitrogens with one attached hydrogen (secondary N) is 1. The van der Waals surface area contributed by atoms with Gasteiger partial charge in [-0.25, -0.2) is 0 Å². The van der Waals surface area contributed by atoms with Crippen molar-refractivity contribution in [2.24, 2.45) is 17.6 Å². The molecule has 10 nitrogen and oxygen atoms in total. The Morgan fingerprint density at radius 1 is 1.21 bits per heavy atom. The van der Waals surface area contributed by atoms with Crippen LogP contribution >= 0.6 is 11.3 Å². The number of carbonyl (C=O) groups excluding carboxylic acids is 2. The van der Waals surface area contributed by atoms with E-state index in [4.69, 9.17) is 10.5 Å². The van der Waals surface area contributed by atoms with E-state index in [1.807, 2.05) is 42.5 Å². The number of rotatable bonds is 13. The number of hydrogen-bond donors (Lipinski definition) is 2. The number of nitrogens with two attached hydrogens (primary N) is 1. The molecule has 3 rings (SSSR count). The Labute approximate surface area is 200 Å². The first-order valence-electron chi connectivity index (χ1n) is 10.8. The number of esters is 1. The van der Waals surface area contributed by atoms with E-state index in [1.54, 1.807) is 12.4 Å². The summed E-state index contributed by atoms with van der Waals surface area (Å²) in [5.74, 6) is -1.81. The molecule has 11 heteroatoms. The van der Waals surface area contributed by atoms with Crippen LogP contribution in [-0.2, 0) is 25.8 Å². The number of anilines is 1. The zero-order valence-corrected chi connectivity index (χ0v) is 19.2. The number of ether oxygens (including phenoxy) is 1. The van der Waals surface area contributed by atoms with Crippen LogP contribution < -0.4 is 11.1 Å². The second kappa shape index (κ2) is 12.6. The van der Waals surface area contributed by atoms with Gasteiger partial charge in [0.25, 0.3) is 5.09 Å². The van der Waals surface area contributed by atoms with Gasteiger partial charge in [0.1, 0.15) is 6.61 Å². The van der Waals surface area contributed by atoms with E-state index in [0.717, 1.165) is 15.6 Å². The number of fused-ring (bicyclic) bond motifs is 1. The fourth-order valence-electron chi connectivity index (χ4n) is 3.61. The maximum Gasteiger partial charge on any atom is 0.306 e. The molecule has 1 amide bonds. The van der Waals surface area contributed by atoms with Crippen molar-refractivity contribution in [1.29, 1.82) is 0 Å². The Bertz CT molecular complexity index is 1070. The molecular formula is C23H26N4O6S. The number of carbonyl (C=O) groups is 2. The molecule has 3 aromatic rings. The Balaban J connectivity index is 1.61. The van der Waals surface area contributed by atoms with Crippen molar-refractivity contribution in [1.82, 2.24) is 4.98 Å². The van der Waals surface area contributed by atoms with Gasteiger partial charge in [0.15, 0.2) is 0 Å². The molecule has 0 aliphatic heterocycles. The average Bonchev–Trinajstić information content (AvgIpc) is 3.24. The van der Waals surface area contributed by atoms with E-state index in [9.17, 15) is 19.7 Å². The second-order valence-electron chi connectivity index (χ2n) is 7.65. The van der Waals surface area contributed by atoms with Gasteiger partial charge in [0, 0.05) is 25.4 Å².